The highest BCUT2D eigenvalue weighted by Crippen LogP contribution is 2.65. The van der Waals surface area contributed by atoms with E-state index in [4.69, 9.17) is 4.42 Å². The summed E-state index contributed by atoms with van der Waals surface area (Å²) in [6.45, 7) is 0. The largest absolute Gasteiger partial charge is 0.456 e. The number of imide groups is 1. The zero-order valence-electron chi connectivity index (χ0n) is 14.5. The summed E-state index contributed by atoms with van der Waals surface area (Å²) in [6.07, 6.45) is 5.59. The van der Waals surface area contributed by atoms with Gasteiger partial charge in [-0.1, -0.05) is 30.4 Å². The zero-order chi connectivity index (χ0) is 17.9. The van der Waals surface area contributed by atoms with Crippen LogP contribution in [0.3, 0.4) is 0 Å². The lowest BCUT2D eigenvalue weighted by molar-refractivity contribution is -0.124. The number of amides is 2. The van der Waals surface area contributed by atoms with Gasteiger partial charge in [0.1, 0.15) is 11.2 Å². The van der Waals surface area contributed by atoms with Crippen LogP contribution in [0.15, 0.2) is 59.0 Å². The number of anilines is 1. The Hall–Kier alpha value is -2.88. The fourth-order valence-corrected chi connectivity index (χ4v) is 6.07. The molecule has 2 heterocycles. The minimum Gasteiger partial charge on any atom is -0.456 e. The highest BCUT2D eigenvalue weighted by Gasteiger charge is 2.67. The first-order valence-electron chi connectivity index (χ1n) is 9.70. The van der Waals surface area contributed by atoms with Gasteiger partial charge in [0, 0.05) is 16.8 Å². The highest BCUT2D eigenvalue weighted by atomic mass is 16.3. The first-order chi connectivity index (χ1) is 13.2. The van der Waals surface area contributed by atoms with E-state index in [0.717, 1.165) is 16.4 Å². The summed E-state index contributed by atoms with van der Waals surface area (Å²) >= 11 is 0. The summed E-state index contributed by atoms with van der Waals surface area (Å²) in [5, 5.41) is 2.06. The number of hydrogen-bond acceptors (Lipinski definition) is 3. The van der Waals surface area contributed by atoms with E-state index in [0.29, 0.717) is 23.1 Å². The van der Waals surface area contributed by atoms with Crippen LogP contribution in [-0.4, -0.2) is 11.8 Å². The molecule has 0 radical (unpaired) electrons. The monoisotopic (exact) mass is 355 g/mol. The minimum atomic E-state index is -0.164. The molecule has 3 aromatic rings. The molecule has 2 saturated carbocycles. The summed E-state index contributed by atoms with van der Waals surface area (Å²) in [5.74, 6) is 1.37. The summed E-state index contributed by atoms with van der Waals surface area (Å²) < 4.78 is 5.96. The number of furan rings is 1. The number of rotatable bonds is 1. The SMILES string of the molecule is O=C1[C@@H]2[C@H]3C=C[C@@H]([C@@H]4C[C@@H]34)[C@@H]2C(=O)N1c1ccc2c(c1)oc1ccccc12. The van der Waals surface area contributed by atoms with Crippen LogP contribution in [0.4, 0.5) is 5.69 Å². The van der Waals surface area contributed by atoms with E-state index < -0.39 is 0 Å². The number of nitrogens with zero attached hydrogens (tertiary/aromatic N) is 1. The van der Waals surface area contributed by atoms with Crippen LogP contribution < -0.4 is 4.90 Å². The average Bonchev–Trinajstić information content (AvgIpc) is 3.38. The molecule has 4 heteroatoms. The molecule has 1 aliphatic heterocycles. The summed E-state index contributed by atoms with van der Waals surface area (Å²) in [5.41, 5.74) is 2.17. The van der Waals surface area contributed by atoms with Gasteiger partial charge in [0.25, 0.3) is 0 Å². The molecule has 1 saturated heterocycles. The van der Waals surface area contributed by atoms with Crippen molar-refractivity contribution in [1.82, 2.24) is 0 Å². The second kappa shape index (κ2) is 4.50. The standard InChI is InChI=1S/C23H17NO3/c25-22-20-14-7-8-15(17-10-16(14)17)21(20)23(26)24(22)11-5-6-13-12-3-1-2-4-18(12)27-19(13)9-11/h1-9,14-17,20-21H,10H2/t14-,15-,16-,17-,20-,21+/m0/s1. The molecule has 1 aromatic heterocycles. The Kier molecular flexibility index (Phi) is 2.37. The molecule has 4 nitrogen and oxygen atoms in total. The lowest BCUT2D eigenvalue weighted by atomic mass is 9.63. The van der Waals surface area contributed by atoms with E-state index in [9.17, 15) is 9.59 Å². The number of para-hydroxylation sites is 1. The first kappa shape index (κ1) is 14.2. The van der Waals surface area contributed by atoms with Crippen LogP contribution in [-0.2, 0) is 9.59 Å². The molecular weight excluding hydrogens is 338 g/mol. The third-order valence-corrected chi connectivity index (χ3v) is 7.28. The molecule has 4 aliphatic carbocycles. The van der Waals surface area contributed by atoms with E-state index in [-0.39, 0.29) is 35.5 Å². The molecule has 6 atom stereocenters. The van der Waals surface area contributed by atoms with Crippen molar-refractivity contribution >= 4 is 39.4 Å². The number of carbonyl (C=O) groups is 2. The van der Waals surface area contributed by atoms with Crippen molar-refractivity contribution in [3.63, 3.8) is 0 Å². The number of allylic oxidation sites excluding steroid dienone is 2. The van der Waals surface area contributed by atoms with Gasteiger partial charge >= 0.3 is 0 Å². The predicted octanol–water partition coefficient (Wildman–Crippen LogP) is 4.14. The van der Waals surface area contributed by atoms with Crippen LogP contribution in [0, 0.1) is 35.5 Å². The lowest BCUT2D eigenvalue weighted by Gasteiger charge is -2.37. The molecule has 0 spiro atoms. The van der Waals surface area contributed by atoms with Gasteiger partial charge in [0.05, 0.1) is 17.5 Å². The van der Waals surface area contributed by atoms with Crippen molar-refractivity contribution in [1.29, 1.82) is 0 Å². The summed E-state index contributed by atoms with van der Waals surface area (Å²) in [7, 11) is 0. The Bertz CT molecular complexity index is 1170. The molecule has 0 unspecified atom stereocenters. The van der Waals surface area contributed by atoms with Crippen LogP contribution in [0.2, 0.25) is 0 Å². The summed E-state index contributed by atoms with van der Waals surface area (Å²) in [4.78, 5) is 27.9. The minimum absolute atomic E-state index is 0.0230. The molecule has 2 amide bonds. The van der Waals surface area contributed by atoms with E-state index in [1.807, 2.05) is 42.5 Å². The number of hydrogen-bond donors (Lipinski definition) is 0. The van der Waals surface area contributed by atoms with E-state index in [1.54, 1.807) is 0 Å². The summed E-state index contributed by atoms with van der Waals surface area (Å²) in [6, 6.07) is 13.6. The highest BCUT2D eigenvalue weighted by molar-refractivity contribution is 6.23. The Balaban J connectivity index is 1.36. The van der Waals surface area contributed by atoms with Crippen molar-refractivity contribution in [2.24, 2.45) is 35.5 Å². The van der Waals surface area contributed by atoms with Crippen molar-refractivity contribution in [2.45, 2.75) is 6.42 Å². The van der Waals surface area contributed by atoms with Gasteiger partial charge in [-0.3, -0.25) is 9.59 Å². The van der Waals surface area contributed by atoms with E-state index >= 15 is 0 Å². The van der Waals surface area contributed by atoms with Gasteiger partial charge in [0.15, 0.2) is 0 Å². The van der Waals surface area contributed by atoms with Crippen LogP contribution >= 0.6 is 0 Å². The van der Waals surface area contributed by atoms with Gasteiger partial charge in [-0.05, 0) is 48.3 Å². The zero-order valence-corrected chi connectivity index (χ0v) is 14.5. The van der Waals surface area contributed by atoms with Crippen molar-refractivity contribution < 1.29 is 14.0 Å². The maximum absolute atomic E-state index is 13.3. The normalized spacial score (nSPS) is 35.9. The Morgan fingerprint density at radius 3 is 2.22 bits per heavy atom. The Morgan fingerprint density at radius 2 is 1.48 bits per heavy atom. The second-order valence-corrected chi connectivity index (χ2v) is 8.45. The predicted molar refractivity (Wildman–Crippen MR) is 101 cm³/mol. The maximum Gasteiger partial charge on any atom is 0.238 e. The number of benzene rings is 2. The van der Waals surface area contributed by atoms with Crippen LogP contribution in [0.25, 0.3) is 21.9 Å². The van der Waals surface area contributed by atoms with Crippen LogP contribution in [0.1, 0.15) is 6.42 Å². The number of fused-ring (bicyclic) bond motifs is 3. The van der Waals surface area contributed by atoms with Crippen molar-refractivity contribution in [2.75, 3.05) is 4.90 Å². The van der Waals surface area contributed by atoms with E-state index in [2.05, 4.69) is 12.2 Å². The van der Waals surface area contributed by atoms with Gasteiger partial charge in [-0.25, -0.2) is 4.90 Å². The second-order valence-electron chi connectivity index (χ2n) is 8.45. The fourth-order valence-electron chi connectivity index (χ4n) is 6.07. The third kappa shape index (κ3) is 1.61. The van der Waals surface area contributed by atoms with Gasteiger partial charge in [-0.2, -0.15) is 0 Å². The molecule has 8 rings (SSSR count). The Labute approximate surface area is 155 Å². The fraction of sp³-hybridized carbons (Fsp3) is 0.304. The van der Waals surface area contributed by atoms with Gasteiger partial charge in [0.2, 0.25) is 11.8 Å². The molecular formula is C23H17NO3. The quantitative estimate of drug-likeness (QED) is 0.487. The smallest absolute Gasteiger partial charge is 0.238 e. The Morgan fingerprint density at radius 1 is 0.815 bits per heavy atom. The molecule has 2 aromatic carbocycles. The lowest BCUT2D eigenvalue weighted by Crippen LogP contribution is -2.40. The van der Waals surface area contributed by atoms with Gasteiger partial charge < -0.3 is 4.42 Å². The molecule has 27 heavy (non-hydrogen) atoms. The van der Waals surface area contributed by atoms with Crippen LogP contribution in [0.5, 0.6) is 0 Å². The molecule has 5 aliphatic rings. The van der Waals surface area contributed by atoms with Crippen molar-refractivity contribution in [3.8, 4) is 0 Å². The third-order valence-electron chi connectivity index (χ3n) is 7.28. The molecule has 2 bridgehead atoms. The van der Waals surface area contributed by atoms with E-state index in [1.165, 1.54) is 11.3 Å². The topological polar surface area (TPSA) is 50.5 Å². The average molecular weight is 355 g/mol. The number of carbonyl (C=O) groups excluding carboxylic acids is 2. The maximum atomic E-state index is 13.3. The van der Waals surface area contributed by atoms with Gasteiger partial charge in [-0.15, -0.1) is 0 Å². The van der Waals surface area contributed by atoms with Crippen molar-refractivity contribution in [3.05, 3.63) is 54.6 Å². The first-order valence-corrected chi connectivity index (χ1v) is 9.70. The molecule has 3 fully saturated rings. The molecule has 0 N–H and O–H groups in total. The molecule has 132 valence electrons.